The number of fused-ring (bicyclic) bond motifs is 1. The standard InChI is InChI=1S/C15H22N2O2/c16-15(8-2-1-3-9-15)14(18)17-12-5-4-6-13-11(12)7-10-19-13/h7,10,12H,1-6,8-9,16H2,(H,17,18). The molecular formula is C15H22N2O2. The third kappa shape index (κ3) is 2.41. The van der Waals surface area contributed by atoms with Crippen molar-refractivity contribution in [1.29, 1.82) is 0 Å². The first kappa shape index (κ1) is 12.7. The van der Waals surface area contributed by atoms with E-state index in [0.717, 1.165) is 56.3 Å². The molecule has 1 amide bonds. The van der Waals surface area contributed by atoms with Gasteiger partial charge in [0.15, 0.2) is 0 Å². The molecule has 19 heavy (non-hydrogen) atoms. The van der Waals surface area contributed by atoms with Crippen molar-refractivity contribution in [3.05, 3.63) is 23.7 Å². The lowest BCUT2D eigenvalue weighted by atomic mass is 9.81. The molecule has 0 aromatic carbocycles. The van der Waals surface area contributed by atoms with Gasteiger partial charge in [-0.25, -0.2) is 0 Å². The van der Waals surface area contributed by atoms with Crippen molar-refractivity contribution in [3.63, 3.8) is 0 Å². The Morgan fingerprint density at radius 3 is 2.89 bits per heavy atom. The third-order valence-corrected chi connectivity index (χ3v) is 4.56. The normalized spacial score (nSPS) is 25.6. The SMILES string of the molecule is NC1(C(=O)NC2CCCc3occc32)CCCCC1. The van der Waals surface area contributed by atoms with Gasteiger partial charge in [-0.3, -0.25) is 4.79 Å². The maximum atomic E-state index is 12.5. The molecule has 0 bridgehead atoms. The van der Waals surface area contributed by atoms with E-state index < -0.39 is 5.54 Å². The summed E-state index contributed by atoms with van der Waals surface area (Å²) in [6, 6.07) is 2.06. The van der Waals surface area contributed by atoms with Crippen LogP contribution >= 0.6 is 0 Å². The van der Waals surface area contributed by atoms with Gasteiger partial charge in [0.1, 0.15) is 5.76 Å². The molecule has 1 heterocycles. The second kappa shape index (κ2) is 5.00. The summed E-state index contributed by atoms with van der Waals surface area (Å²) >= 11 is 0. The molecule has 3 rings (SSSR count). The lowest BCUT2D eigenvalue weighted by Crippen LogP contribution is -2.55. The lowest BCUT2D eigenvalue weighted by Gasteiger charge is -2.34. The average Bonchev–Trinajstić information content (AvgIpc) is 2.89. The molecule has 1 unspecified atom stereocenters. The van der Waals surface area contributed by atoms with Gasteiger partial charge in [-0.2, -0.15) is 0 Å². The molecule has 0 aliphatic heterocycles. The predicted molar refractivity (Wildman–Crippen MR) is 72.5 cm³/mol. The summed E-state index contributed by atoms with van der Waals surface area (Å²) in [5.41, 5.74) is 6.76. The first-order valence-corrected chi connectivity index (χ1v) is 7.35. The zero-order chi connectivity index (χ0) is 13.3. The van der Waals surface area contributed by atoms with E-state index in [-0.39, 0.29) is 11.9 Å². The van der Waals surface area contributed by atoms with Gasteiger partial charge in [-0.1, -0.05) is 19.3 Å². The van der Waals surface area contributed by atoms with E-state index in [1.807, 2.05) is 6.07 Å². The number of hydrogen-bond acceptors (Lipinski definition) is 3. The van der Waals surface area contributed by atoms with Gasteiger partial charge < -0.3 is 15.5 Å². The summed E-state index contributed by atoms with van der Waals surface area (Å²) in [6.07, 6.45) is 9.67. The number of carbonyl (C=O) groups excluding carboxylic acids is 1. The van der Waals surface area contributed by atoms with E-state index in [4.69, 9.17) is 10.2 Å². The Hall–Kier alpha value is -1.29. The van der Waals surface area contributed by atoms with E-state index >= 15 is 0 Å². The molecule has 2 aliphatic carbocycles. The molecule has 0 radical (unpaired) electrons. The number of nitrogens with one attached hydrogen (secondary N) is 1. The van der Waals surface area contributed by atoms with Crippen LogP contribution in [0, 0.1) is 0 Å². The van der Waals surface area contributed by atoms with Crippen molar-refractivity contribution in [2.45, 2.75) is 62.9 Å². The Kier molecular flexibility index (Phi) is 3.35. The fourth-order valence-electron chi connectivity index (χ4n) is 3.35. The fraction of sp³-hybridized carbons (Fsp3) is 0.667. The monoisotopic (exact) mass is 262 g/mol. The molecule has 3 N–H and O–H groups in total. The zero-order valence-electron chi connectivity index (χ0n) is 11.3. The van der Waals surface area contributed by atoms with Crippen molar-refractivity contribution >= 4 is 5.91 Å². The molecule has 0 saturated heterocycles. The van der Waals surface area contributed by atoms with Gasteiger partial charge in [-0.05, 0) is 31.7 Å². The Labute approximate surface area is 113 Å². The van der Waals surface area contributed by atoms with E-state index in [1.54, 1.807) is 6.26 Å². The quantitative estimate of drug-likeness (QED) is 0.860. The number of carbonyl (C=O) groups is 1. The van der Waals surface area contributed by atoms with Gasteiger partial charge in [0.05, 0.1) is 17.8 Å². The van der Waals surface area contributed by atoms with Crippen LogP contribution in [0.15, 0.2) is 16.7 Å². The Balaban J connectivity index is 1.71. The van der Waals surface area contributed by atoms with Crippen molar-refractivity contribution in [1.82, 2.24) is 5.32 Å². The van der Waals surface area contributed by atoms with Crippen LogP contribution in [0.2, 0.25) is 0 Å². The summed E-state index contributed by atoms with van der Waals surface area (Å²) in [5, 5.41) is 3.15. The first-order chi connectivity index (χ1) is 9.19. The van der Waals surface area contributed by atoms with E-state index in [2.05, 4.69) is 5.32 Å². The largest absolute Gasteiger partial charge is 0.469 e. The van der Waals surface area contributed by atoms with Gasteiger partial charge >= 0.3 is 0 Å². The van der Waals surface area contributed by atoms with Crippen LogP contribution in [0.5, 0.6) is 0 Å². The van der Waals surface area contributed by atoms with E-state index in [1.165, 1.54) is 6.42 Å². The number of furan rings is 1. The van der Waals surface area contributed by atoms with Gasteiger partial charge in [0, 0.05) is 12.0 Å². The number of hydrogen-bond donors (Lipinski definition) is 2. The zero-order valence-corrected chi connectivity index (χ0v) is 11.3. The van der Waals surface area contributed by atoms with Gasteiger partial charge in [-0.15, -0.1) is 0 Å². The third-order valence-electron chi connectivity index (χ3n) is 4.56. The highest BCUT2D eigenvalue weighted by atomic mass is 16.3. The van der Waals surface area contributed by atoms with Crippen LogP contribution < -0.4 is 11.1 Å². The average molecular weight is 262 g/mol. The number of amides is 1. The fourth-order valence-corrected chi connectivity index (χ4v) is 3.35. The van der Waals surface area contributed by atoms with Gasteiger partial charge in [0.2, 0.25) is 5.91 Å². The predicted octanol–water partition coefficient (Wildman–Crippen LogP) is 2.43. The highest BCUT2D eigenvalue weighted by Gasteiger charge is 2.37. The first-order valence-electron chi connectivity index (χ1n) is 7.35. The molecule has 2 aliphatic rings. The van der Waals surface area contributed by atoms with Crippen LogP contribution in [0.4, 0.5) is 0 Å². The summed E-state index contributed by atoms with van der Waals surface area (Å²) in [7, 11) is 0. The minimum Gasteiger partial charge on any atom is -0.469 e. The number of rotatable bonds is 2. The molecular weight excluding hydrogens is 240 g/mol. The molecule has 0 spiro atoms. The Morgan fingerprint density at radius 1 is 1.32 bits per heavy atom. The van der Waals surface area contributed by atoms with Crippen molar-refractivity contribution in [2.24, 2.45) is 5.73 Å². The van der Waals surface area contributed by atoms with Crippen molar-refractivity contribution in [3.8, 4) is 0 Å². The van der Waals surface area contributed by atoms with E-state index in [9.17, 15) is 4.79 Å². The Bertz CT molecular complexity index is 460. The van der Waals surface area contributed by atoms with Crippen LogP contribution in [-0.2, 0) is 11.2 Å². The van der Waals surface area contributed by atoms with E-state index in [0.29, 0.717) is 0 Å². The summed E-state index contributed by atoms with van der Waals surface area (Å²) in [6.45, 7) is 0. The lowest BCUT2D eigenvalue weighted by molar-refractivity contribution is -0.128. The minimum atomic E-state index is -0.653. The van der Waals surface area contributed by atoms with Crippen LogP contribution in [0.1, 0.15) is 62.3 Å². The molecule has 4 nitrogen and oxygen atoms in total. The Morgan fingerprint density at radius 2 is 2.11 bits per heavy atom. The maximum absolute atomic E-state index is 12.5. The molecule has 4 heteroatoms. The van der Waals surface area contributed by atoms with Crippen LogP contribution in [0.25, 0.3) is 0 Å². The number of nitrogens with two attached hydrogens (primary N) is 1. The smallest absolute Gasteiger partial charge is 0.240 e. The molecule has 104 valence electrons. The molecule has 1 aromatic heterocycles. The highest BCUT2D eigenvalue weighted by Crippen LogP contribution is 2.32. The molecule has 1 fully saturated rings. The summed E-state index contributed by atoms with van der Waals surface area (Å²) in [5.74, 6) is 1.04. The van der Waals surface area contributed by atoms with Crippen LogP contribution in [0.3, 0.4) is 0 Å². The summed E-state index contributed by atoms with van der Waals surface area (Å²) in [4.78, 5) is 12.5. The summed E-state index contributed by atoms with van der Waals surface area (Å²) < 4.78 is 5.46. The van der Waals surface area contributed by atoms with Crippen molar-refractivity contribution < 1.29 is 9.21 Å². The topological polar surface area (TPSA) is 68.3 Å². The highest BCUT2D eigenvalue weighted by molar-refractivity contribution is 5.86. The van der Waals surface area contributed by atoms with Gasteiger partial charge in [0.25, 0.3) is 0 Å². The minimum absolute atomic E-state index is 0.0197. The second-order valence-electron chi connectivity index (χ2n) is 5.93. The maximum Gasteiger partial charge on any atom is 0.240 e. The van der Waals surface area contributed by atoms with Crippen molar-refractivity contribution in [2.75, 3.05) is 0 Å². The second-order valence-corrected chi connectivity index (χ2v) is 5.93. The molecule has 1 saturated carbocycles. The van der Waals surface area contributed by atoms with Crippen LogP contribution in [-0.4, -0.2) is 11.4 Å². The number of aryl methyl sites for hydroxylation is 1. The molecule has 1 aromatic rings. The molecule has 1 atom stereocenters.